The third kappa shape index (κ3) is 5.60. The van der Waals surface area contributed by atoms with Crippen molar-refractivity contribution in [1.82, 2.24) is 4.90 Å². The molecule has 2 rings (SSSR count). The Kier molecular flexibility index (Phi) is 7.51. The molecule has 0 aromatic heterocycles. The third-order valence-corrected chi connectivity index (χ3v) is 5.17. The van der Waals surface area contributed by atoms with Crippen molar-refractivity contribution in [2.45, 2.75) is 26.7 Å². The molecule has 1 aromatic carbocycles. The molecule has 0 aliphatic carbocycles. The Bertz CT molecular complexity index is 561. The number of anilines is 1. The molecular formula is C21H34N3O+. The highest BCUT2D eigenvalue weighted by molar-refractivity contribution is 5.78. The zero-order valence-corrected chi connectivity index (χ0v) is 16.3. The number of hydrogen-bond acceptors (Lipinski definition) is 2. The van der Waals surface area contributed by atoms with E-state index >= 15 is 0 Å². The number of nitrogens with one attached hydrogen (secondary N) is 1. The molecule has 0 spiro atoms. The van der Waals surface area contributed by atoms with Gasteiger partial charge in [0, 0.05) is 32.9 Å². The lowest BCUT2D eigenvalue weighted by Gasteiger charge is -2.31. The Morgan fingerprint density at radius 3 is 2.48 bits per heavy atom. The molecule has 1 aliphatic rings. The van der Waals surface area contributed by atoms with Gasteiger partial charge < -0.3 is 14.7 Å². The number of nitrogens with zero attached hydrogens (tertiary/aromatic N) is 2. The van der Waals surface area contributed by atoms with E-state index in [0.29, 0.717) is 5.91 Å². The van der Waals surface area contributed by atoms with Crippen LogP contribution in [-0.2, 0) is 4.79 Å². The van der Waals surface area contributed by atoms with Crippen molar-refractivity contribution in [3.8, 4) is 0 Å². The number of quaternary nitrogens is 1. The van der Waals surface area contributed by atoms with Crippen molar-refractivity contribution in [3.63, 3.8) is 0 Å². The Morgan fingerprint density at radius 1 is 1.20 bits per heavy atom. The van der Waals surface area contributed by atoms with Crippen LogP contribution < -0.4 is 9.80 Å². The number of benzene rings is 1. The lowest BCUT2D eigenvalue weighted by Crippen LogP contribution is -3.13. The summed E-state index contributed by atoms with van der Waals surface area (Å²) in [5, 5.41) is 0. The van der Waals surface area contributed by atoms with E-state index in [-0.39, 0.29) is 5.92 Å². The Balaban J connectivity index is 1.86. The SMILES string of the molecule is CCN(CC)C(=O)[C@H]1CCC[NH+](C/C=C/c2ccc(N(C)C)cc2)C1. The zero-order valence-electron chi connectivity index (χ0n) is 16.3. The van der Waals surface area contributed by atoms with Crippen LogP contribution in [0.4, 0.5) is 5.69 Å². The molecule has 0 saturated carbocycles. The van der Waals surface area contributed by atoms with Crippen molar-refractivity contribution in [1.29, 1.82) is 0 Å². The largest absolute Gasteiger partial charge is 0.378 e. The van der Waals surface area contributed by atoms with E-state index in [0.717, 1.165) is 39.0 Å². The summed E-state index contributed by atoms with van der Waals surface area (Å²) in [6.45, 7) is 8.93. The van der Waals surface area contributed by atoms with Gasteiger partial charge in [-0.2, -0.15) is 0 Å². The molecule has 1 amide bonds. The number of likely N-dealkylation sites (tertiary alicyclic amines) is 1. The summed E-state index contributed by atoms with van der Waals surface area (Å²) < 4.78 is 0. The van der Waals surface area contributed by atoms with Gasteiger partial charge in [0.15, 0.2) is 0 Å². The van der Waals surface area contributed by atoms with Crippen LogP contribution in [0, 0.1) is 5.92 Å². The Hall–Kier alpha value is -1.81. The maximum Gasteiger partial charge on any atom is 0.231 e. The Morgan fingerprint density at radius 2 is 1.88 bits per heavy atom. The van der Waals surface area contributed by atoms with E-state index in [2.05, 4.69) is 69.3 Å². The first-order valence-corrected chi connectivity index (χ1v) is 9.61. The molecular weight excluding hydrogens is 310 g/mol. The van der Waals surface area contributed by atoms with Crippen molar-refractivity contribution in [2.24, 2.45) is 5.92 Å². The second-order valence-electron chi connectivity index (χ2n) is 7.15. The molecule has 4 nitrogen and oxygen atoms in total. The molecule has 0 radical (unpaired) electrons. The van der Waals surface area contributed by atoms with Crippen LogP contribution in [-0.4, -0.2) is 57.6 Å². The van der Waals surface area contributed by atoms with Gasteiger partial charge in [0.1, 0.15) is 0 Å². The van der Waals surface area contributed by atoms with E-state index in [1.54, 1.807) is 0 Å². The summed E-state index contributed by atoms with van der Waals surface area (Å²) in [5.74, 6) is 0.557. The fraction of sp³-hybridized carbons (Fsp3) is 0.571. The number of carbonyl (C=O) groups is 1. The molecule has 0 bridgehead atoms. The average molecular weight is 345 g/mol. The summed E-state index contributed by atoms with van der Waals surface area (Å²) in [4.78, 5) is 18.2. The molecule has 1 heterocycles. The number of hydrogen-bond donors (Lipinski definition) is 1. The summed E-state index contributed by atoms with van der Waals surface area (Å²) in [5.41, 5.74) is 2.45. The number of amides is 1. The minimum Gasteiger partial charge on any atom is -0.378 e. The minimum atomic E-state index is 0.205. The summed E-state index contributed by atoms with van der Waals surface area (Å²) in [7, 11) is 4.11. The summed E-state index contributed by atoms with van der Waals surface area (Å²) in [6, 6.07) is 8.60. The molecule has 138 valence electrons. The molecule has 1 saturated heterocycles. The van der Waals surface area contributed by atoms with E-state index < -0.39 is 0 Å². The molecule has 2 atom stereocenters. The number of piperidine rings is 1. The molecule has 4 heteroatoms. The lowest BCUT2D eigenvalue weighted by atomic mass is 9.96. The highest BCUT2D eigenvalue weighted by Gasteiger charge is 2.30. The minimum absolute atomic E-state index is 0.205. The maximum atomic E-state index is 12.6. The highest BCUT2D eigenvalue weighted by Crippen LogP contribution is 2.13. The topological polar surface area (TPSA) is 28.0 Å². The van der Waals surface area contributed by atoms with Gasteiger partial charge in [-0.25, -0.2) is 0 Å². The molecule has 1 N–H and O–H groups in total. The van der Waals surface area contributed by atoms with Gasteiger partial charge in [-0.05, 0) is 50.5 Å². The van der Waals surface area contributed by atoms with Crippen molar-refractivity contribution in [3.05, 3.63) is 35.9 Å². The van der Waals surface area contributed by atoms with Gasteiger partial charge in [-0.1, -0.05) is 18.2 Å². The van der Waals surface area contributed by atoms with Crippen molar-refractivity contribution >= 4 is 17.7 Å². The van der Waals surface area contributed by atoms with Gasteiger partial charge in [0.2, 0.25) is 5.91 Å². The van der Waals surface area contributed by atoms with Gasteiger partial charge in [0.05, 0.1) is 25.6 Å². The van der Waals surface area contributed by atoms with Crippen LogP contribution in [0.1, 0.15) is 32.3 Å². The second kappa shape index (κ2) is 9.62. The average Bonchev–Trinajstić information content (AvgIpc) is 2.63. The van der Waals surface area contributed by atoms with Crippen LogP contribution in [0.2, 0.25) is 0 Å². The van der Waals surface area contributed by atoms with E-state index in [4.69, 9.17) is 0 Å². The molecule has 1 unspecified atom stereocenters. The summed E-state index contributed by atoms with van der Waals surface area (Å²) in [6.07, 6.45) is 6.65. The first-order valence-electron chi connectivity index (χ1n) is 9.61. The summed E-state index contributed by atoms with van der Waals surface area (Å²) >= 11 is 0. The van der Waals surface area contributed by atoms with Crippen LogP contribution in [0.5, 0.6) is 0 Å². The van der Waals surface area contributed by atoms with Crippen molar-refractivity contribution in [2.75, 3.05) is 51.7 Å². The van der Waals surface area contributed by atoms with Gasteiger partial charge in [-0.3, -0.25) is 4.79 Å². The monoisotopic (exact) mass is 344 g/mol. The second-order valence-corrected chi connectivity index (χ2v) is 7.15. The highest BCUT2D eigenvalue weighted by atomic mass is 16.2. The molecule has 1 fully saturated rings. The predicted molar refractivity (Wildman–Crippen MR) is 106 cm³/mol. The van der Waals surface area contributed by atoms with E-state index in [9.17, 15) is 4.79 Å². The molecule has 1 aliphatic heterocycles. The lowest BCUT2D eigenvalue weighted by molar-refractivity contribution is -0.901. The fourth-order valence-electron chi connectivity index (χ4n) is 3.59. The number of carbonyl (C=O) groups excluding carboxylic acids is 1. The molecule has 25 heavy (non-hydrogen) atoms. The van der Waals surface area contributed by atoms with Crippen molar-refractivity contribution < 1.29 is 9.69 Å². The van der Waals surface area contributed by atoms with E-state index in [1.165, 1.54) is 22.7 Å². The van der Waals surface area contributed by atoms with Gasteiger partial charge >= 0.3 is 0 Å². The van der Waals surface area contributed by atoms with Crippen LogP contribution in [0.15, 0.2) is 30.3 Å². The smallest absolute Gasteiger partial charge is 0.231 e. The van der Waals surface area contributed by atoms with Gasteiger partial charge in [-0.15, -0.1) is 0 Å². The van der Waals surface area contributed by atoms with Crippen LogP contribution >= 0.6 is 0 Å². The number of rotatable bonds is 7. The fourth-order valence-corrected chi connectivity index (χ4v) is 3.59. The quantitative estimate of drug-likeness (QED) is 0.819. The van der Waals surface area contributed by atoms with Gasteiger partial charge in [0.25, 0.3) is 0 Å². The van der Waals surface area contributed by atoms with Crippen LogP contribution in [0.25, 0.3) is 6.08 Å². The molecule has 1 aromatic rings. The zero-order chi connectivity index (χ0) is 18.2. The third-order valence-electron chi connectivity index (χ3n) is 5.17. The maximum absolute atomic E-state index is 12.6. The van der Waals surface area contributed by atoms with E-state index in [1.807, 2.05) is 4.90 Å². The Labute approximate surface area is 153 Å². The first kappa shape index (κ1) is 19.5. The normalized spacial score (nSPS) is 20.6. The van der Waals surface area contributed by atoms with Crippen LogP contribution in [0.3, 0.4) is 0 Å². The predicted octanol–water partition coefficient (Wildman–Crippen LogP) is 1.93. The first-order chi connectivity index (χ1) is 12.0. The standard InChI is InChI=1S/C21H33N3O/c1-5-24(6-2)21(25)19-10-8-16-23(17-19)15-7-9-18-11-13-20(14-12-18)22(3)4/h7,9,11-14,19H,5-6,8,10,15-17H2,1-4H3/p+1/b9-7+/t19-/m0/s1.